The van der Waals surface area contributed by atoms with E-state index in [9.17, 15) is 26.3 Å². The standard InChI is InChI=1S/3C3H2F2N2/c4-2-3(5)7-1-6-2;2*4-2-1-6-3(5)7-2/h3*1H,(H,6,7). The van der Waals surface area contributed by atoms with Crippen molar-refractivity contribution in [2.75, 3.05) is 0 Å². The molecule has 3 rings (SSSR count). The number of imidazole rings is 3. The molecule has 3 heterocycles. The maximum Gasteiger partial charge on any atom is 0.288 e. The molecule has 6 nitrogen and oxygen atoms in total. The van der Waals surface area contributed by atoms with E-state index in [2.05, 4.69) is 15.0 Å². The first kappa shape index (κ1) is 16.3. The van der Waals surface area contributed by atoms with Gasteiger partial charge in [-0.3, -0.25) is 9.97 Å². The minimum atomic E-state index is -1.08. The summed E-state index contributed by atoms with van der Waals surface area (Å²) in [6.45, 7) is 0. The van der Waals surface area contributed by atoms with Crippen LogP contribution in [0.25, 0.3) is 0 Å². The third kappa shape index (κ3) is 6.26. The van der Waals surface area contributed by atoms with Crippen molar-refractivity contribution in [1.29, 1.82) is 0 Å². The van der Waals surface area contributed by atoms with Crippen LogP contribution in [-0.2, 0) is 0 Å². The highest BCUT2D eigenvalue weighted by Gasteiger charge is 1.98. The number of nitrogens with one attached hydrogen (secondary N) is 3. The second kappa shape index (κ2) is 7.72. The molecule has 0 atom stereocenters. The maximum absolute atomic E-state index is 11.6. The minimum absolute atomic E-state index is 0.752. The van der Waals surface area contributed by atoms with Gasteiger partial charge in [-0.05, 0) is 0 Å². The Morgan fingerprint density at radius 2 is 1.19 bits per heavy atom. The summed E-state index contributed by atoms with van der Waals surface area (Å²) in [4.78, 5) is 14.1. The smallest absolute Gasteiger partial charge is 0.288 e. The van der Waals surface area contributed by atoms with Gasteiger partial charge in [-0.15, -0.1) is 0 Å². The van der Waals surface area contributed by atoms with Gasteiger partial charge in [-0.25, -0.2) is 15.0 Å². The van der Waals surface area contributed by atoms with E-state index < -0.39 is 35.9 Å². The lowest BCUT2D eigenvalue weighted by molar-refractivity contribution is 0.475. The van der Waals surface area contributed by atoms with E-state index in [1.54, 1.807) is 9.97 Å². The van der Waals surface area contributed by atoms with Crippen molar-refractivity contribution >= 4 is 0 Å². The predicted octanol–water partition coefficient (Wildman–Crippen LogP) is 2.06. The second-order valence-corrected chi connectivity index (χ2v) is 3.05. The van der Waals surface area contributed by atoms with Gasteiger partial charge in [0.05, 0.1) is 18.7 Å². The van der Waals surface area contributed by atoms with Crippen LogP contribution in [0.3, 0.4) is 0 Å². The van der Waals surface area contributed by atoms with Crippen LogP contribution in [0.5, 0.6) is 0 Å². The molecule has 0 fully saturated rings. The number of rotatable bonds is 0. The van der Waals surface area contributed by atoms with Crippen molar-refractivity contribution in [2.45, 2.75) is 0 Å². The molecule has 0 unspecified atom stereocenters. The summed E-state index contributed by atoms with van der Waals surface area (Å²) < 4.78 is 69.3. The Balaban J connectivity index is 0.000000157. The number of aromatic nitrogens is 6. The third-order valence-corrected chi connectivity index (χ3v) is 1.58. The molecule has 21 heavy (non-hydrogen) atoms. The SMILES string of the molecule is Fc1cnc(F)[nH]1.Fc1cnc(F)[nH]1.Fc1nc[nH]c1F. The van der Waals surface area contributed by atoms with E-state index in [4.69, 9.17) is 0 Å². The number of halogens is 6. The van der Waals surface area contributed by atoms with Gasteiger partial charge < -0.3 is 4.98 Å². The van der Waals surface area contributed by atoms with Gasteiger partial charge in [-0.2, -0.15) is 26.3 Å². The number of hydrogen-bond donors (Lipinski definition) is 3. The molecule has 0 spiro atoms. The van der Waals surface area contributed by atoms with E-state index in [0.29, 0.717) is 0 Å². The molecule has 114 valence electrons. The van der Waals surface area contributed by atoms with Crippen LogP contribution in [0.2, 0.25) is 0 Å². The van der Waals surface area contributed by atoms with Gasteiger partial charge in [-0.1, -0.05) is 0 Å². The average Bonchev–Trinajstić information content (AvgIpc) is 3.08. The van der Waals surface area contributed by atoms with Crippen LogP contribution in [-0.4, -0.2) is 29.9 Å². The molecule has 0 aliphatic rings. The van der Waals surface area contributed by atoms with Crippen molar-refractivity contribution in [3.8, 4) is 0 Å². The first-order valence-electron chi connectivity index (χ1n) is 4.95. The lowest BCUT2D eigenvalue weighted by Crippen LogP contribution is -1.75. The Morgan fingerprint density at radius 1 is 0.714 bits per heavy atom. The van der Waals surface area contributed by atoms with Crippen LogP contribution >= 0.6 is 0 Å². The summed E-state index contributed by atoms with van der Waals surface area (Å²) >= 11 is 0. The summed E-state index contributed by atoms with van der Waals surface area (Å²) in [6, 6.07) is 0. The molecule has 3 aromatic rings. The molecule has 0 aliphatic heterocycles. The maximum atomic E-state index is 11.6. The second-order valence-electron chi connectivity index (χ2n) is 3.05. The Kier molecular flexibility index (Phi) is 5.98. The van der Waals surface area contributed by atoms with Gasteiger partial charge >= 0.3 is 0 Å². The number of H-pyrrole nitrogens is 3. The minimum Gasteiger partial charge on any atom is -0.319 e. The van der Waals surface area contributed by atoms with Crippen LogP contribution in [0.1, 0.15) is 0 Å². The van der Waals surface area contributed by atoms with Crippen LogP contribution < -0.4 is 0 Å². The molecule has 0 amide bonds. The van der Waals surface area contributed by atoms with E-state index in [0.717, 1.165) is 18.7 Å². The summed E-state index contributed by atoms with van der Waals surface area (Å²) in [7, 11) is 0. The molecule has 0 saturated carbocycles. The van der Waals surface area contributed by atoms with E-state index >= 15 is 0 Å². The molecule has 0 bridgehead atoms. The molecule has 0 aliphatic carbocycles. The fourth-order valence-corrected chi connectivity index (χ4v) is 0.815. The largest absolute Gasteiger partial charge is 0.319 e. The lowest BCUT2D eigenvalue weighted by Gasteiger charge is -1.69. The molecule has 0 saturated heterocycles. The molecular formula is C9H6F6N6. The highest BCUT2D eigenvalue weighted by Crippen LogP contribution is 1.93. The predicted molar refractivity (Wildman–Crippen MR) is 55.5 cm³/mol. The zero-order chi connectivity index (χ0) is 15.8. The van der Waals surface area contributed by atoms with Crippen molar-refractivity contribution in [3.63, 3.8) is 0 Å². The summed E-state index contributed by atoms with van der Waals surface area (Å²) in [5.41, 5.74) is 0. The zero-order valence-corrected chi connectivity index (χ0v) is 9.84. The van der Waals surface area contributed by atoms with E-state index in [1.165, 1.54) is 0 Å². The molecular weight excluding hydrogens is 306 g/mol. The first-order valence-corrected chi connectivity index (χ1v) is 4.95. The number of hydrogen-bond acceptors (Lipinski definition) is 3. The van der Waals surface area contributed by atoms with Crippen LogP contribution in [0.15, 0.2) is 18.7 Å². The molecule has 12 heteroatoms. The van der Waals surface area contributed by atoms with Crippen molar-refractivity contribution < 1.29 is 26.3 Å². The van der Waals surface area contributed by atoms with Gasteiger partial charge in [0.1, 0.15) is 0 Å². The fourth-order valence-electron chi connectivity index (χ4n) is 0.815. The highest BCUT2D eigenvalue weighted by molar-refractivity contribution is 4.77. The Hall–Kier alpha value is -2.79. The van der Waals surface area contributed by atoms with Crippen molar-refractivity contribution in [1.82, 2.24) is 29.9 Å². The number of aromatic amines is 3. The summed E-state index contributed by atoms with van der Waals surface area (Å²) in [5, 5.41) is 0. The van der Waals surface area contributed by atoms with Gasteiger partial charge in [0, 0.05) is 0 Å². The molecule has 3 aromatic heterocycles. The summed E-state index contributed by atoms with van der Waals surface area (Å²) in [5.74, 6) is -3.60. The average molecular weight is 312 g/mol. The Labute approximate surface area is 112 Å². The first-order chi connectivity index (χ1) is 9.88. The van der Waals surface area contributed by atoms with Crippen LogP contribution in [0.4, 0.5) is 26.3 Å². The summed E-state index contributed by atoms with van der Waals surface area (Å²) in [6.07, 6.45) is 0.713. The molecule has 0 radical (unpaired) electrons. The molecule has 0 aromatic carbocycles. The monoisotopic (exact) mass is 312 g/mol. The van der Waals surface area contributed by atoms with E-state index in [1.807, 2.05) is 4.98 Å². The Bertz CT molecular complexity index is 573. The van der Waals surface area contributed by atoms with Gasteiger partial charge in [0.15, 0.2) is 0 Å². The topological polar surface area (TPSA) is 86.0 Å². The number of nitrogens with zero attached hydrogens (tertiary/aromatic N) is 3. The van der Waals surface area contributed by atoms with E-state index in [-0.39, 0.29) is 0 Å². The normalized spacial score (nSPS) is 9.43. The fraction of sp³-hybridized carbons (Fsp3) is 0. The zero-order valence-electron chi connectivity index (χ0n) is 9.84. The van der Waals surface area contributed by atoms with Gasteiger partial charge in [0.25, 0.3) is 18.1 Å². The lowest BCUT2D eigenvalue weighted by atomic mass is 10.9. The van der Waals surface area contributed by atoms with Crippen molar-refractivity contribution in [3.05, 3.63) is 54.7 Å². The third-order valence-electron chi connectivity index (χ3n) is 1.58. The van der Waals surface area contributed by atoms with Crippen molar-refractivity contribution in [2.24, 2.45) is 0 Å². The van der Waals surface area contributed by atoms with Crippen LogP contribution in [0, 0.1) is 35.9 Å². The molecule has 3 N–H and O–H groups in total. The van der Waals surface area contributed by atoms with Gasteiger partial charge in [0.2, 0.25) is 17.8 Å². The Morgan fingerprint density at radius 3 is 1.29 bits per heavy atom. The quantitative estimate of drug-likeness (QED) is 0.555. The highest BCUT2D eigenvalue weighted by atomic mass is 19.2.